The zero-order valence-electron chi connectivity index (χ0n) is 12.8. The first kappa shape index (κ1) is 14.9. The lowest BCUT2D eigenvalue weighted by Gasteiger charge is -2.32. The number of hydrogen-bond acceptors (Lipinski definition) is 3. The summed E-state index contributed by atoms with van der Waals surface area (Å²) in [5, 5.41) is 0. The van der Waals surface area contributed by atoms with Crippen LogP contribution in [0.3, 0.4) is 0 Å². The van der Waals surface area contributed by atoms with Crippen molar-refractivity contribution < 1.29 is 14.3 Å². The Morgan fingerprint density at radius 2 is 1.91 bits per heavy atom. The lowest BCUT2D eigenvalue weighted by molar-refractivity contribution is -0.137. The zero-order chi connectivity index (χ0) is 15.4. The van der Waals surface area contributed by atoms with E-state index in [2.05, 4.69) is 6.07 Å². The standard InChI is InChI=1S/C17H22N2O3/c20-13-18-8-10-19(11-9-18)17(21)12-22-16-7-3-5-14-4-1-2-6-15(14)16/h3,5,7,13H,1-2,4,6,8-12H2. The molecule has 118 valence electrons. The molecule has 2 aliphatic rings. The SMILES string of the molecule is O=CN1CCN(C(=O)COc2cccc3c2CCCC3)CC1. The normalized spacial score (nSPS) is 17.8. The van der Waals surface area contributed by atoms with Crippen LogP contribution < -0.4 is 4.74 Å². The molecule has 1 fully saturated rings. The Hall–Kier alpha value is -2.04. The van der Waals surface area contributed by atoms with Crippen LogP contribution in [0.2, 0.25) is 0 Å². The molecule has 0 bridgehead atoms. The molecule has 1 aromatic carbocycles. The highest BCUT2D eigenvalue weighted by Crippen LogP contribution is 2.29. The van der Waals surface area contributed by atoms with Crippen LogP contribution in [0.15, 0.2) is 18.2 Å². The minimum Gasteiger partial charge on any atom is -0.483 e. The van der Waals surface area contributed by atoms with E-state index >= 15 is 0 Å². The van der Waals surface area contributed by atoms with Crippen molar-refractivity contribution in [3.8, 4) is 5.75 Å². The predicted molar refractivity (Wildman–Crippen MR) is 82.8 cm³/mol. The summed E-state index contributed by atoms with van der Waals surface area (Å²) in [7, 11) is 0. The van der Waals surface area contributed by atoms with Gasteiger partial charge >= 0.3 is 0 Å². The molecule has 1 aliphatic heterocycles. The smallest absolute Gasteiger partial charge is 0.260 e. The average molecular weight is 302 g/mol. The van der Waals surface area contributed by atoms with Gasteiger partial charge in [0.05, 0.1) is 0 Å². The summed E-state index contributed by atoms with van der Waals surface area (Å²) >= 11 is 0. The van der Waals surface area contributed by atoms with Gasteiger partial charge in [-0.25, -0.2) is 0 Å². The molecule has 22 heavy (non-hydrogen) atoms. The molecular weight excluding hydrogens is 280 g/mol. The number of hydrogen-bond donors (Lipinski definition) is 0. The molecule has 0 saturated carbocycles. The van der Waals surface area contributed by atoms with Crippen LogP contribution in [0.1, 0.15) is 24.0 Å². The van der Waals surface area contributed by atoms with E-state index in [1.165, 1.54) is 24.0 Å². The molecule has 3 rings (SSSR count). The number of carbonyl (C=O) groups excluding carboxylic acids is 2. The highest BCUT2D eigenvalue weighted by atomic mass is 16.5. The molecule has 1 heterocycles. The van der Waals surface area contributed by atoms with Crippen LogP contribution in [0.4, 0.5) is 0 Å². The Labute approximate surface area is 130 Å². The van der Waals surface area contributed by atoms with E-state index in [1.54, 1.807) is 9.80 Å². The van der Waals surface area contributed by atoms with Gasteiger partial charge in [-0.15, -0.1) is 0 Å². The number of fused-ring (bicyclic) bond motifs is 1. The first-order valence-corrected chi connectivity index (χ1v) is 7.98. The number of nitrogens with zero attached hydrogens (tertiary/aromatic N) is 2. The van der Waals surface area contributed by atoms with Gasteiger partial charge in [-0.05, 0) is 42.9 Å². The van der Waals surface area contributed by atoms with Crippen molar-refractivity contribution in [3.63, 3.8) is 0 Å². The first-order valence-electron chi connectivity index (χ1n) is 7.98. The molecule has 1 aliphatic carbocycles. The molecule has 0 atom stereocenters. The Bertz CT molecular complexity index is 551. The fourth-order valence-electron chi connectivity index (χ4n) is 3.19. The van der Waals surface area contributed by atoms with Gasteiger partial charge in [-0.3, -0.25) is 9.59 Å². The van der Waals surface area contributed by atoms with Crippen molar-refractivity contribution in [2.24, 2.45) is 0 Å². The number of piperazine rings is 1. The lowest BCUT2D eigenvalue weighted by atomic mass is 9.91. The fraction of sp³-hybridized carbons (Fsp3) is 0.529. The van der Waals surface area contributed by atoms with Gasteiger partial charge in [0.1, 0.15) is 5.75 Å². The summed E-state index contributed by atoms with van der Waals surface area (Å²) in [6.07, 6.45) is 5.41. The second-order valence-electron chi connectivity index (χ2n) is 5.91. The van der Waals surface area contributed by atoms with Crippen LogP contribution >= 0.6 is 0 Å². The molecule has 5 nitrogen and oxygen atoms in total. The highest BCUT2D eigenvalue weighted by Gasteiger charge is 2.21. The van der Waals surface area contributed by atoms with E-state index in [0.29, 0.717) is 26.2 Å². The third-order valence-electron chi connectivity index (χ3n) is 4.52. The van der Waals surface area contributed by atoms with E-state index < -0.39 is 0 Å². The largest absolute Gasteiger partial charge is 0.483 e. The van der Waals surface area contributed by atoms with Crippen molar-refractivity contribution in [2.75, 3.05) is 32.8 Å². The Balaban J connectivity index is 1.56. The topological polar surface area (TPSA) is 49.9 Å². The van der Waals surface area contributed by atoms with E-state index in [1.807, 2.05) is 12.1 Å². The molecule has 0 N–H and O–H groups in total. The molecular formula is C17H22N2O3. The fourth-order valence-corrected chi connectivity index (χ4v) is 3.19. The molecule has 0 spiro atoms. The van der Waals surface area contributed by atoms with Gasteiger partial charge in [0, 0.05) is 26.2 Å². The third kappa shape index (κ3) is 3.24. The third-order valence-corrected chi connectivity index (χ3v) is 4.52. The number of aryl methyl sites for hydroxylation is 1. The molecule has 0 radical (unpaired) electrons. The maximum absolute atomic E-state index is 12.2. The summed E-state index contributed by atoms with van der Waals surface area (Å²) in [6.45, 7) is 2.48. The van der Waals surface area contributed by atoms with Crippen LogP contribution in [0, 0.1) is 0 Å². The van der Waals surface area contributed by atoms with Crippen molar-refractivity contribution in [3.05, 3.63) is 29.3 Å². The van der Waals surface area contributed by atoms with Crippen molar-refractivity contribution in [2.45, 2.75) is 25.7 Å². The van der Waals surface area contributed by atoms with Gasteiger partial charge in [-0.2, -0.15) is 0 Å². The monoisotopic (exact) mass is 302 g/mol. The van der Waals surface area contributed by atoms with Crippen molar-refractivity contribution in [1.29, 1.82) is 0 Å². The van der Waals surface area contributed by atoms with Gasteiger partial charge < -0.3 is 14.5 Å². The minimum atomic E-state index is -0.000962. The van der Waals surface area contributed by atoms with Crippen LogP contribution in [-0.2, 0) is 22.4 Å². The maximum atomic E-state index is 12.2. The number of amides is 2. The summed E-state index contributed by atoms with van der Waals surface area (Å²) in [5.74, 6) is 0.857. The quantitative estimate of drug-likeness (QED) is 0.787. The Kier molecular flexibility index (Phi) is 4.61. The number of benzene rings is 1. The average Bonchev–Trinajstić information content (AvgIpc) is 2.59. The van der Waals surface area contributed by atoms with Crippen molar-refractivity contribution >= 4 is 12.3 Å². The summed E-state index contributed by atoms with van der Waals surface area (Å²) < 4.78 is 5.80. The zero-order valence-corrected chi connectivity index (χ0v) is 12.8. The second-order valence-corrected chi connectivity index (χ2v) is 5.91. The summed E-state index contributed by atoms with van der Waals surface area (Å²) in [4.78, 5) is 26.4. The van der Waals surface area contributed by atoms with Crippen LogP contribution in [0.5, 0.6) is 5.75 Å². The lowest BCUT2D eigenvalue weighted by Crippen LogP contribution is -2.49. The first-order chi connectivity index (χ1) is 10.8. The number of carbonyl (C=O) groups is 2. The van der Waals surface area contributed by atoms with Gasteiger partial charge in [-0.1, -0.05) is 12.1 Å². The Morgan fingerprint density at radius 1 is 1.14 bits per heavy atom. The second kappa shape index (κ2) is 6.81. The molecule has 0 unspecified atom stereocenters. The molecule has 1 saturated heterocycles. The van der Waals surface area contributed by atoms with Crippen LogP contribution in [-0.4, -0.2) is 54.9 Å². The minimum absolute atomic E-state index is 0.000962. The molecule has 0 aromatic heterocycles. The van der Waals surface area contributed by atoms with Crippen molar-refractivity contribution in [1.82, 2.24) is 9.80 Å². The number of ether oxygens (including phenoxy) is 1. The Morgan fingerprint density at radius 3 is 2.68 bits per heavy atom. The van der Waals surface area contributed by atoms with E-state index in [4.69, 9.17) is 4.74 Å². The number of rotatable bonds is 4. The molecule has 5 heteroatoms. The van der Waals surface area contributed by atoms with E-state index in [-0.39, 0.29) is 12.5 Å². The van der Waals surface area contributed by atoms with E-state index in [0.717, 1.165) is 25.0 Å². The van der Waals surface area contributed by atoms with E-state index in [9.17, 15) is 9.59 Å². The molecule has 2 amide bonds. The van der Waals surface area contributed by atoms with Crippen LogP contribution in [0.25, 0.3) is 0 Å². The van der Waals surface area contributed by atoms with Gasteiger partial charge in [0.2, 0.25) is 6.41 Å². The highest BCUT2D eigenvalue weighted by molar-refractivity contribution is 5.78. The van der Waals surface area contributed by atoms with Gasteiger partial charge in [0.15, 0.2) is 6.61 Å². The summed E-state index contributed by atoms with van der Waals surface area (Å²) in [5.41, 5.74) is 2.63. The molecule has 1 aromatic rings. The maximum Gasteiger partial charge on any atom is 0.260 e. The van der Waals surface area contributed by atoms with Gasteiger partial charge in [0.25, 0.3) is 5.91 Å². The summed E-state index contributed by atoms with van der Waals surface area (Å²) in [6, 6.07) is 6.12. The predicted octanol–water partition coefficient (Wildman–Crippen LogP) is 1.24.